The lowest BCUT2D eigenvalue weighted by molar-refractivity contribution is -0.385. The highest BCUT2D eigenvalue weighted by Gasteiger charge is 2.38. The zero-order chi connectivity index (χ0) is 15.0. The number of nitrogens with zero attached hydrogens (tertiary/aromatic N) is 1. The van der Waals surface area contributed by atoms with Crippen LogP contribution in [0.25, 0.3) is 0 Å². The lowest BCUT2D eigenvalue weighted by Gasteiger charge is -2.17. The minimum absolute atomic E-state index is 0.000180. The van der Waals surface area contributed by atoms with E-state index in [1.165, 1.54) is 6.07 Å². The van der Waals surface area contributed by atoms with Gasteiger partial charge < -0.3 is 4.74 Å². The van der Waals surface area contributed by atoms with Crippen molar-refractivity contribution >= 4 is 27.6 Å². The van der Waals surface area contributed by atoms with Gasteiger partial charge in [0.05, 0.1) is 15.3 Å². The molecule has 0 bridgehead atoms. The normalized spacial score (nSPS) is 18.0. The third-order valence-electron chi connectivity index (χ3n) is 3.42. The van der Waals surface area contributed by atoms with Crippen molar-refractivity contribution in [1.29, 1.82) is 0 Å². The number of nitro groups is 1. The molecule has 0 unspecified atom stereocenters. The van der Waals surface area contributed by atoms with E-state index in [1.54, 1.807) is 36.4 Å². The summed E-state index contributed by atoms with van der Waals surface area (Å²) in [4.78, 5) is 22.1. The molecule has 5 nitrogen and oxygen atoms in total. The average Bonchev–Trinajstić information content (AvgIpc) is 2.84. The van der Waals surface area contributed by atoms with Crippen LogP contribution in [0.15, 0.2) is 48.5 Å². The summed E-state index contributed by atoms with van der Waals surface area (Å²) >= 11 is 3.45. The van der Waals surface area contributed by atoms with Crippen molar-refractivity contribution in [1.82, 2.24) is 0 Å². The zero-order valence-electron chi connectivity index (χ0n) is 10.7. The Bertz CT molecular complexity index is 731. The molecule has 0 N–H and O–H groups in total. The van der Waals surface area contributed by atoms with Gasteiger partial charge in [-0.25, -0.2) is 4.79 Å². The van der Waals surface area contributed by atoms with Crippen molar-refractivity contribution in [2.75, 3.05) is 0 Å². The van der Waals surface area contributed by atoms with Crippen molar-refractivity contribution < 1.29 is 14.5 Å². The van der Waals surface area contributed by atoms with E-state index in [-0.39, 0.29) is 5.69 Å². The number of carbonyl (C=O) groups is 1. The van der Waals surface area contributed by atoms with E-state index in [0.717, 1.165) is 5.56 Å². The quantitative estimate of drug-likeness (QED) is 0.365. The standard InChI is InChI=1S/C15H10BrNO4/c16-13(11-7-3-4-8-12(11)17(19)20)14-9-5-1-2-6-10(9)15(18)21-14/h1-8,13-14H/t13-,14+/m0/s1. The SMILES string of the molecule is O=C1O[C@@H]([C@@H](Br)c2ccccc2[N+](=O)[O-])c2ccccc21. The first kappa shape index (κ1) is 13.8. The molecule has 106 valence electrons. The van der Waals surface area contributed by atoms with Gasteiger partial charge in [-0.15, -0.1) is 0 Å². The minimum atomic E-state index is -0.574. The maximum atomic E-state index is 11.9. The Labute approximate surface area is 128 Å². The smallest absolute Gasteiger partial charge is 0.339 e. The van der Waals surface area contributed by atoms with Gasteiger partial charge in [0.1, 0.15) is 6.10 Å². The molecule has 0 aromatic heterocycles. The van der Waals surface area contributed by atoms with Crippen LogP contribution in [-0.2, 0) is 4.74 Å². The molecule has 2 atom stereocenters. The zero-order valence-corrected chi connectivity index (χ0v) is 12.3. The van der Waals surface area contributed by atoms with Crippen LogP contribution in [0.1, 0.15) is 32.4 Å². The van der Waals surface area contributed by atoms with Crippen LogP contribution in [-0.4, -0.2) is 10.9 Å². The van der Waals surface area contributed by atoms with Crippen LogP contribution in [0.3, 0.4) is 0 Å². The average molecular weight is 348 g/mol. The Hall–Kier alpha value is -2.21. The molecule has 0 saturated carbocycles. The number of benzene rings is 2. The highest BCUT2D eigenvalue weighted by molar-refractivity contribution is 9.09. The van der Waals surface area contributed by atoms with E-state index in [9.17, 15) is 14.9 Å². The largest absolute Gasteiger partial charge is 0.452 e. The first-order valence-electron chi connectivity index (χ1n) is 6.27. The van der Waals surface area contributed by atoms with Gasteiger partial charge in [-0.05, 0) is 6.07 Å². The number of nitro benzene ring substituents is 1. The van der Waals surface area contributed by atoms with E-state index >= 15 is 0 Å². The molecule has 6 heteroatoms. The number of halogens is 1. The first-order chi connectivity index (χ1) is 10.1. The number of fused-ring (bicyclic) bond motifs is 1. The number of alkyl halides is 1. The molecule has 0 fully saturated rings. The fourth-order valence-corrected chi connectivity index (χ4v) is 3.22. The lowest BCUT2D eigenvalue weighted by atomic mass is 9.98. The lowest BCUT2D eigenvalue weighted by Crippen LogP contribution is -2.08. The van der Waals surface area contributed by atoms with E-state index in [2.05, 4.69) is 15.9 Å². The van der Waals surface area contributed by atoms with E-state index in [1.807, 2.05) is 6.07 Å². The van der Waals surface area contributed by atoms with E-state index in [0.29, 0.717) is 11.1 Å². The fraction of sp³-hybridized carbons (Fsp3) is 0.133. The van der Waals surface area contributed by atoms with Crippen molar-refractivity contribution in [3.8, 4) is 0 Å². The number of hydrogen-bond donors (Lipinski definition) is 0. The highest BCUT2D eigenvalue weighted by atomic mass is 79.9. The monoisotopic (exact) mass is 347 g/mol. The Kier molecular flexibility index (Phi) is 3.47. The van der Waals surface area contributed by atoms with Gasteiger partial charge in [-0.1, -0.05) is 52.3 Å². The van der Waals surface area contributed by atoms with Gasteiger partial charge in [-0.3, -0.25) is 10.1 Å². The summed E-state index contributed by atoms with van der Waals surface area (Å²) in [6.45, 7) is 0. The second kappa shape index (κ2) is 5.29. The van der Waals surface area contributed by atoms with E-state index < -0.39 is 21.8 Å². The summed E-state index contributed by atoms with van der Waals surface area (Å²) in [6.07, 6.45) is -0.574. The molecule has 1 aliphatic rings. The first-order valence-corrected chi connectivity index (χ1v) is 7.18. The van der Waals surface area contributed by atoms with Gasteiger partial charge in [0.2, 0.25) is 0 Å². The summed E-state index contributed by atoms with van der Waals surface area (Å²) < 4.78 is 5.37. The Balaban J connectivity index is 2.03. The van der Waals surface area contributed by atoms with Crippen molar-refractivity contribution in [3.05, 3.63) is 75.3 Å². The number of hydrogen-bond acceptors (Lipinski definition) is 4. The molecule has 1 heterocycles. The Morgan fingerprint density at radius 3 is 2.57 bits per heavy atom. The maximum absolute atomic E-state index is 11.9. The molecular weight excluding hydrogens is 338 g/mol. The summed E-state index contributed by atoms with van der Waals surface area (Å²) in [5.74, 6) is -0.404. The minimum Gasteiger partial charge on any atom is -0.452 e. The van der Waals surface area contributed by atoms with Crippen LogP contribution in [0.4, 0.5) is 5.69 Å². The molecule has 1 aliphatic heterocycles. The molecule has 0 radical (unpaired) electrons. The highest BCUT2D eigenvalue weighted by Crippen LogP contribution is 2.46. The third-order valence-corrected chi connectivity index (χ3v) is 4.39. The molecular formula is C15H10BrNO4. The van der Waals surface area contributed by atoms with Crippen LogP contribution >= 0.6 is 15.9 Å². The number of cyclic esters (lactones) is 1. The van der Waals surface area contributed by atoms with Gasteiger partial charge >= 0.3 is 5.97 Å². The summed E-state index contributed by atoms with van der Waals surface area (Å²) in [7, 11) is 0. The molecule has 0 amide bonds. The molecule has 3 rings (SSSR count). The van der Waals surface area contributed by atoms with E-state index in [4.69, 9.17) is 4.74 Å². The molecule has 2 aromatic carbocycles. The Morgan fingerprint density at radius 1 is 1.14 bits per heavy atom. The topological polar surface area (TPSA) is 69.4 Å². The van der Waals surface area contributed by atoms with Crippen LogP contribution in [0.5, 0.6) is 0 Å². The van der Waals surface area contributed by atoms with Crippen LogP contribution in [0, 0.1) is 10.1 Å². The van der Waals surface area contributed by atoms with Gasteiger partial charge in [-0.2, -0.15) is 0 Å². The van der Waals surface area contributed by atoms with Gasteiger partial charge in [0, 0.05) is 17.2 Å². The fourth-order valence-electron chi connectivity index (χ4n) is 2.44. The maximum Gasteiger partial charge on any atom is 0.339 e. The summed E-state index contributed by atoms with van der Waals surface area (Å²) in [5, 5.41) is 11.1. The Morgan fingerprint density at radius 2 is 1.81 bits per heavy atom. The second-order valence-corrected chi connectivity index (χ2v) is 5.62. The van der Waals surface area contributed by atoms with Crippen molar-refractivity contribution in [3.63, 3.8) is 0 Å². The number of ether oxygens (including phenoxy) is 1. The van der Waals surface area contributed by atoms with Gasteiger partial charge in [0.15, 0.2) is 0 Å². The van der Waals surface area contributed by atoms with Crippen molar-refractivity contribution in [2.45, 2.75) is 10.9 Å². The predicted molar refractivity (Wildman–Crippen MR) is 79.4 cm³/mol. The number of rotatable bonds is 3. The van der Waals surface area contributed by atoms with Crippen LogP contribution in [0.2, 0.25) is 0 Å². The molecule has 0 aliphatic carbocycles. The predicted octanol–water partition coefficient (Wildman–Crippen LogP) is 3.94. The third kappa shape index (κ3) is 2.31. The number of para-hydroxylation sites is 1. The van der Waals surface area contributed by atoms with Gasteiger partial charge in [0.25, 0.3) is 5.69 Å². The van der Waals surface area contributed by atoms with Crippen LogP contribution < -0.4 is 0 Å². The molecule has 0 saturated heterocycles. The molecule has 2 aromatic rings. The molecule has 0 spiro atoms. The summed E-state index contributed by atoms with van der Waals surface area (Å²) in [5.41, 5.74) is 1.73. The summed E-state index contributed by atoms with van der Waals surface area (Å²) in [6, 6.07) is 13.5. The molecule has 21 heavy (non-hydrogen) atoms. The second-order valence-electron chi connectivity index (χ2n) is 4.63. The van der Waals surface area contributed by atoms with Crippen molar-refractivity contribution in [2.24, 2.45) is 0 Å². The number of esters is 1. The number of carbonyl (C=O) groups excluding carboxylic acids is 1.